The first-order chi connectivity index (χ1) is 9.63. The van der Waals surface area contributed by atoms with E-state index in [0.29, 0.717) is 0 Å². The summed E-state index contributed by atoms with van der Waals surface area (Å²) in [5.41, 5.74) is -3.37. The molecule has 6 nitrogen and oxygen atoms in total. The number of nitrogens with zero attached hydrogens (tertiary/aromatic N) is 4. The molecule has 0 aliphatic carbocycles. The zero-order valence-electron chi connectivity index (χ0n) is 11.6. The number of aromatic nitrogens is 2. The molecule has 1 N–H and O–H groups in total. The van der Waals surface area contributed by atoms with Crippen molar-refractivity contribution in [2.45, 2.75) is 24.6 Å². The molecule has 0 aliphatic heterocycles. The van der Waals surface area contributed by atoms with Crippen LogP contribution < -0.4 is 0 Å². The number of carbonyl (C=O) groups is 1. The molecule has 1 aromatic heterocycles. The van der Waals surface area contributed by atoms with E-state index in [2.05, 4.69) is 4.98 Å². The molecule has 0 aliphatic rings. The average Bonchev–Trinajstić information content (AvgIpc) is 2.81. The van der Waals surface area contributed by atoms with Crippen LogP contribution in [0, 0.1) is 11.3 Å². The molecule has 9 heteroatoms. The highest BCUT2D eigenvalue weighted by molar-refractivity contribution is 5.77. The van der Waals surface area contributed by atoms with Crippen molar-refractivity contribution in [2.75, 3.05) is 13.6 Å². The van der Waals surface area contributed by atoms with Crippen LogP contribution in [-0.2, 0) is 17.4 Å². The van der Waals surface area contributed by atoms with E-state index >= 15 is 0 Å². The van der Waals surface area contributed by atoms with E-state index in [0.717, 1.165) is 15.7 Å². The highest BCUT2D eigenvalue weighted by atomic mass is 19.4. The van der Waals surface area contributed by atoms with Gasteiger partial charge in [-0.3, -0.25) is 4.79 Å². The molecule has 1 rings (SSSR count). The van der Waals surface area contributed by atoms with Crippen molar-refractivity contribution in [1.82, 2.24) is 14.5 Å². The van der Waals surface area contributed by atoms with E-state index in [9.17, 15) is 23.1 Å². The molecule has 0 radical (unpaired) electrons. The number of aryl methyl sites for hydroxylation is 1. The third-order valence-corrected chi connectivity index (χ3v) is 3.05. The minimum Gasteiger partial charge on any atom is -0.374 e. The summed E-state index contributed by atoms with van der Waals surface area (Å²) in [4.78, 5) is 16.3. The Bertz CT molecular complexity index is 549. The quantitative estimate of drug-likeness (QED) is 0.877. The van der Waals surface area contributed by atoms with Crippen molar-refractivity contribution in [3.05, 3.63) is 18.2 Å². The first-order valence-corrected chi connectivity index (χ1v) is 6.01. The van der Waals surface area contributed by atoms with Crippen LogP contribution in [0.1, 0.15) is 18.7 Å². The van der Waals surface area contributed by atoms with E-state index < -0.39 is 29.9 Å². The van der Waals surface area contributed by atoms with E-state index in [-0.39, 0.29) is 13.0 Å². The molecule has 21 heavy (non-hydrogen) atoms. The molecule has 1 unspecified atom stereocenters. The molecule has 0 saturated carbocycles. The normalized spacial score (nSPS) is 14.3. The Hall–Kier alpha value is -2.08. The Morgan fingerprint density at radius 1 is 1.57 bits per heavy atom. The second kappa shape index (κ2) is 6.13. The van der Waals surface area contributed by atoms with Gasteiger partial charge in [0.05, 0.1) is 18.9 Å². The van der Waals surface area contributed by atoms with Gasteiger partial charge in [0.2, 0.25) is 11.5 Å². The number of carbonyl (C=O) groups excluding carboxylic acids is 1. The van der Waals surface area contributed by atoms with E-state index in [4.69, 9.17) is 5.26 Å². The topological polar surface area (TPSA) is 82.2 Å². The number of rotatable bonds is 5. The largest absolute Gasteiger partial charge is 0.425 e. The van der Waals surface area contributed by atoms with Crippen LogP contribution >= 0.6 is 0 Å². The molecule has 0 spiro atoms. The van der Waals surface area contributed by atoms with Crippen LogP contribution in [0.25, 0.3) is 0 Å². The van der Waals surface area contributed by atoms with Gasteiger partial charge in [-0.2, -0.15) is 18.4 Å². The van der Waals surface area contributed by atoms with Crippen LogP contribution in [0.5, 0.6) is 0 Å². The molecule has 0 aromatic carbocycles. The Balaban J connectivity index is 3.04. The van der Waals surface area contributed by atoms with Crippen molar-refractivity contribution >= 4 is 5.91 Å². The van der Waals surface area contributed by atoms with E-state index in [1.807, 2.05) is 0 Å². The molecule has 1 aromatic rings. The lowest BCUT2D eigenvalue weighted by atomic mass is 9.96. The minimum atomic E-state index is -5.06. The number of hydrogen-bond acceptors (Lipinski definition) is 4. The van der Waals surface area contributed by atoms with Crippen LogP contribution in [0.4, 0.5) is 13.2 Å². The van der Waals surface area contributed by atoms with Gasteiger partial charge in [0.1, 0.15) is 0 Å². The maximum atomic E-state index is 13.2. The second-order valence-electron chi connectivity index (χ2n) is 4.62. The summed E-state index contributed by atoms with van der Waals surface area (Å²) in [6.07, 6.45) is -3.90. The fourth-order valence-electron chi connectivity index (χ4n) is 1.77. The first kappa shape index (κ1) is 17.0. The van der Waals surface area contributed by atoms with Crippen LogP contribution in [0.2, 0.25) is 0 Å². The van der Waals surface area contributed by atoms with Gasteiger partial charge in [-0.1, -0.05) is 0 Å². The standard InChI is InChI=1S/C12H15F3N4O2/c1-18(6-3-4-16)9(20)8-11(21,12(13,14)15)10-17-5-7-19(10)2/h5,7,21H,3,6,8H2,1-2H3. The molecule has 0 bridgehead atoms. The first-order valence-electron chi connectivity index (χ1n) is 6.01. The predicted octanol–water partition coefficient (Wildman–Crippen LogP) is 0.932. The maximum absolute atomic E-state index is 13.2. The summed E-state index contributed by atoms with van der Waals surface area (Å²) in [5.74, 6) is -1.58. The summed E-state index contributed by atoms with van der Waals surface area (Å²) in [6.45, 7) is -0.0101. The number of imidazole rings is 1. The predicted molar refractivity (Wildman–Crippen MR) is 65.6 cm³/mol. The molecule has 1 amide bonds. The zero-order valence-corrected chi connectivity index (χ0v) is 11.6. The summed E-state index contributed by atoms with van der Waals surface area (Å²) in [5, 5.41) is 18.4. The summed E-state index contributed by atoms with van der Waals surface area (Å²) >= 11 is 0. The molecular formula is C12H15F3N4O2. The smallest absolute Gasteiger partial charge is 0.374 e. The summed E-state index contributed by atoms with van der Waals surface area (Å²) in [7, 11) is 2.57. The van der Waals surface area contributed by atoms with Crippen molar-refractivity contribution < 1.29 is 23.1 Å². The van der Waals surface area contributed by atoms with Gasteiger partial charge in [-0.05, 0) is 0 Å². The monoisotopic (exact) mass is 304 g/mol. The third-order valence-electron chi connectivity index (χ3n) is 3.05. The van der Waals surface area contributed by atoms with Gasteiger partial charge >= 0.3 is 6.18 Å². The van der Waals surface area contributed by atoms with Crippen molar-refractivity contribution in [3.63, 3.8) is 0 Å². The Labute approximate surface area is 119 Å². The Morgan fingerprint density at radius 3 is 2.62 bits per heavy atom. The molecule has 1 heterocycles. The molecule has 0 fully saturated rings. The number of nitriles is 1. The Kier molecular flexibility index (Phi) is 4.96. The SMILES string of the molecule is CN(CCC#N)C(=O)CC(O)(c1nccn1C)C(F)(F)F. The fourth-order valence-corrected chi connectivity index (χ4v) is 1.77. The minimum absolute atomic E-state index is 0.00487. The number of hydrogen-bond donors (Lipinski definition) is 1. The van der Waals surface area contributed by atoms with Crippen LogP contribution in [0.3, 0.4) is 0 Å². The summed E-state index contributed by atoms with van der Waals surface area (Å²) in [6, 6.07) is 1.79. The number of alkyl halides is 3. The summed E-state index contributed by atoms with van der Waals surface area (Å²) < 4.78 is 40.6. The van der Waals surface area contributed by atoms with Crippen molar-refractivity contribution in [3.8, 4) is 6.07 Å². The van der Waals surface area contributed by atoms with Gasteiger partial charge in [-0.15, -0.1) is 0 Å². The van der Waals surface area contributed by atoms with Crippen LogP contribution in [0.15, 0.2) is 12.4 Å². The van der Waals surface area contributed by atoms with Crippen molar-refractivity contribution in [2.24, 2.45) is 7.05 Å². The fraction of sp³-hybridized carbons (Fsp3) is 0.583. The Morgan fingerprint density at radius 2 is 2.19 bits per heavy atom. The van der Waals surface area contributed by atoms with Gasteiger partial charge in [0.15, 0.2) is 5.82 Å². The van der Waals surface area contributed by atoms with E-state index in [1.165, 1.54) is 20.3 Å². The van der Waals surface area contributed by atoms with Gasteiger partial charge in [0, 0.05) is 33.0 Å². The van der Waals surface area contributed by atoms with Crippen LogP contribution in [-0.4, -0.2) is 45.2 Å². The highest BCUT2D eigenvalue weighted by Gasteiger charge is 2.58. The maximum Gasteiger partial charge on any atom is 0.425 e. The third kappa shape index (κ3) is 3.52. The molecule has 1 atom stereocenters. The lowest BCUT2D eigenvalue weighted by molar-refractivity contribution is -0.271. The van der Waals surface area contributed by atoms with Gasteiger partial charge in [0.25, 0.3) is 0 Å². The number of amides is 1. The number of halogens is 3. The molecule has 116 valence electrons. The average molecular weight is 304 g/mol. The van der Waals surface area contributed by atoms with Crippen molar-refractivity contribution in [1.29, 1.82) is 5.26 Å². The van der Waals surface area contributed by atoms with Gasteiger partial charge < -0.3 is 14.6 Å². The zero-order chi connectivity index (χ0) is 16.3. The molecule has 0 saturated heterocycles. The van der Waals surface area contributed by atoms with E-state index in [1.54, 1.807) is 6.07 Å². The second-order valence-corrected chi connectivity index (χ2v) is 4.62. The van der Waals surface area contributed by atoms with Gasteiger partial charge in [-0.25, -0.2) is 4.98 Å². The number of aliphatic hydroxyl groups is 1. The lowest BCUT2D eigenvalue weighted by Crippen LogP contribution is -2.48. The highest BCUT2D eigenvalue weighted by Crippen LogP contribution is 2.40. The lowest BCUT2D eigenvalue weighted by Gasteiger charge is -2.30. The molecular weight excluding hydrogens is 289 g/mol.